The highest BCUT2D eigenvalue weighted by atomic mass is 19.2. The maximum atomic E-state index is 13.4. The third-order valence-electron chi connectivity index (χ3n) is 2.41. The molecule has 0 unspecified atom stereocenters. The van der Waals surface area contributed by atoms with Crippen molar-refractivity contribution in [3.05, 3.63) is 58.9 Å². The van der Waals surface area contributed by atoms with Gasteiger partial charge in [0.05, 0.1) is 11.6 Å². The molecule has 0 bridgehead atoms. The molecule has 1 N–H and O–H groups in total. The first-order valence-electron chi connectivity index (χ1n) is 5.23. The fourth-order valence-corrected chi connectivity index (χ4v) is 1.55. The summed E-state index contributed by atoms with van der Waals surface area (Å²) in [7, 11) is 0. The summed E-state index contributed by atoms with van der Waals surface area (Å²) in [6.45, 7) is 0. The molecule has 0 heterocycles. The fourth-order valence-electron chi connectivity index (χ4n) is 1.55. The first kappa shape index (κ1) is 13.8. The highest BCUT2D eigenvalue weighted by molar-refractivity contribution is 5.62. The van der Waals surface area contributed by atoms with Crippen molar-refractivity contribution in [3.63, 3.8) is 0 Å². The summed E-state index contributed by atoms with van der Waals surface area (Å²) in [6, 6.07) is 4.48. The number of nitrogens with one attached hydrogen (secondary N) is 1. The van der Waals surface area contributed by atoms with E-state index in [1.165, 1.54) is 0 Å². The van der Waals surface area contributed by atoms with Gasteiger partial charge in [-0.15, -0.1) is 0 Å². The molecule has 0 aromatic heterocycles. The largest absolute Gasteiger partial charge is 0.350 e. The standard InChI is InChI=1S/C13H5F5N2/c14-7-1-6(5-19)2-8(3-7)20-13-11(17)9(15)4-10(16)12(13)18/h1-4,20H. The highest BCUT2D eigenvalue weighted by Gasteiger charge is 2.19. The molecule has 0 aliphatic heterocycles. The molecule has 0 radical (unpaired) electrons. The van der Waals surface area contributed by atoms with Crippen LogP contribution in [0.15, 0.2) is 24.3 Å². The average molecular weight is 284 g/mol. The van der Waals surface area contributed by atoms with E-state index in [-0.39, 0.29) is 17.3 Å². The van der Waals surface area contributed by atoms with Crippen LogP contribution in [0.3, 0.4) is 0 Å². The van der Waals surface area contributed by atoms with Crippen molar-refractivity contribution >= 4 is 11.4 Å². The molecule has 0 aliphatic rings. The van der Waals surface area contributed by atoms with Gasteiger partial charge < -0.3 is 5.32 Å². The molecule has 7 heteroatoms. The number of anilines is 2. The van der Waals surface area contributed by atoms with E-state index >= 15 is 0 Å². The Hall–Kier alpha value is -2.62. The number of rotatable bonds is 2. The second-order valence-electron chi connectivity index (χ2n) is 3.81. The van der Waals surface area contributed by atoms with Gasteiger partial charge in [-0.05, 0) is 18.2 Å². The molecule has 2 nitrogen and oxygen atoms in total. The Bertz CT molecular complexity index is 695. The molecule has 102 valence electrons. The number of benzene rings is 2. The van der Waals surface area contributed by atoms with E-state index in [1.54, 1.807) is 6.07 Å². The predicted molar refractivity (Wildman–Crippen MR) is 60.7 cm³/mol. The number of hydrogen-bond acceptors (Lipinski definition) is 2. The maximum absolute atomic E-state index is 13.4. The molecule has 0 spiro atoms. The van der Waals surface area contributed by atoms with E-state index in [2.05, 4.69) is 0 Å². The topological polar surface area (TPSA) is 35.8 Å². The minimum atomic E-state index is -1.65. The molecule has 2 aromatic rings. The normalized spacial score (nSPS) is 10.2. The summed E-state index contributed by atoms with van der Waals surface area (Å²) in [4.78, 5) is 0. The lowest BCUT2D eigenvalue weighted by atomic mass is 10.2. The zero-order chi connectivity index (χ0) is 14.9. The minimum Gasteiger partial charge on any atom is -0.350 e. The summed E-state index contributed by atoms with van der Waals surface area (Å²) >= 11 is 0. The molecule has 2 aromatic carbocycles. The maximum Gasteiger partial charge on any atom is 0.185 e. The number of nitrogens with zero attached hydrogens (tertiary/aromatic N) is 1. The van der Waals surface area contributed by atoms with Gasteiger partial charge in [0.2, 0.25) is 0 Å². The quantitative estimate of drug-likeness (QED) is 0.668. The zero-order valence-corrected chi connectivity index (χ0v) is 9.65. The van der Waals surface area contributed by atoms with E-state index < -0.39 is 34.8 Å². The second-order valence-corrected chi connectivity index (χ2v) is 3.81. The van der Waals surface area contributed by atoms with Crippen LogP contribution in [-0.2, 0) is 0 Å². The van der Waals surface area contributed by atoms with E-state index in [9.17, 15) is 22.0 Å². The number of hydrogen-bond donors (Lipinski definition) is 1. The van der Waals surface area contributed by atoms with Crippen LogP contribution in [0.2, 0.25) is 0 Å². The van der Waals surface area contributed by atoms with Gasteiger partial charge in [0.1, 0.15) is 11.5 Å². The third kappa shape index (κ3) is 2.54. The van der Waals surface area contributed by atoms with Crippen LogP contribution in [0.25, 0.3) is 0 Å². The Kier molecular flexibility index (Phi) is 3.57. The van der Waals surface area contributed by atoms with Crippen molar-refractivity contribution in [2.75, 3.05) is 5.32 Å². The van der Waals surface area contributed by atoms with Crippen molar-refractivity contribution in [2.45, 2.75) is 0 Å². The van der Waals surface area contributed by atoms with Gasteiger partial charge >= 0.3 is 0 Å². The van der Waals surface area contributed by atoms with E-state index in [4.69, 9.17) is 5.26 Å². The lowest BCUT2D eigenvalue weighted by molar-refractivity contribution is 0.459. The Morgan fingerprint density at radius 1 is 0.850 bits per heavy atom. The van der Waals surface area contributed by atoms with Gasteiger partial charge in [-0.25, -0.2) is 22.0 Å². The van der Waals surface area contributed by atoms with Crippen molar-refractivity contribution in [1.29, 1.82) is 5.26 Å². The number of nitriles is 1. The van der Waals surface area contributed by atoms with Crippen molar-refractivity contribution in [2.24, 2.45) is 0 Å². The van der Waals surface area contributed by atoms with Gasteiger partial charge in [-0.2, -0.15) is 5.26 Å². The minimum absolute atomic E-state index is 0.0577. The summed E-state index contributed by atoms with van der Waals surface area (Å²) in [6.07, 6.45) is 0. The van der Waals surface area contributed by atoms with Crippen molar-refractivity contribution in [3.8, 4) is 6.07 Å². The summed E-state index contributed by atoms with van der Waals surface area (Å²) in [5.41, 5.74) is -1.44. The predicted octanol–water partition coefficient (Wildman–Crippen LogP) is 4.00. The second kappa shape index (κ2) is 5.17. The Morgan fingerprint density at radius 3 is 2.00 bits per heavy atom. The Morgan fingerprint density at radius 2 is 1.45 bits per heavy atom. The van der Waals surface area contributed by atoms with Crippen LogP contribution < -0.4 is 5.32 Å². The smallest absolute Gasteiger partial charge is 0.185 e. The highest BCUT2D eigenvalue weighted by Crippen LogP contribution is 2.28. The van der Waals surface area contributed by atoms with Crippen LogP contribution in [0.5, 0.6) is 0 Å². The molecule has 20 heavy (non-hydrogen) atoms. The lowest BCUT2D eigenvalue weighted by Gasteiger charge is -2.10. The molecular formula is C13H5F5N2. The zero-order valence-electron chi connectivity index (χ0n) is 9.65. The SMILES string of the molecule is N#Cc1cc(F)cc(Nc2c(F)c(F)cc(F)c2F)c1. The summed E-state index contributed by atoms with van der Waals surface area (Å²) in [5.74, 6) is -7.32. The van der Waals surface area contributed by atoms with E-state index in [0.717, 1.165) is 18.2 Å². The Balaban J connectivity index is 2.51. The fraction of sp³-hybridized carbons (Fsp3) is 0. The van der Waals surface area contributed by atoms with Crippen molar-refractivity contribution < 1.29 is 22.0 Å². The van der Waals surface area contributed by atoms with Gasteiger partial charge in [0.15, 0.2) is 23.3 Å². The molecule has 0 atom stereocenters. The monoisotopic (exact) mass is 284 g/mol. The number of halogens is 5. The Labute approximate surface area is 110 Å². The van der Waals surface area contributed by atoms with Crippen LogP contribution in [0.1, 0.15) is 5.56 Å². The van der Waals surface area contributed by atoms with Crippen LogP contribution in [-0.4, -0.2) is 0 Å². The summed E-state index contributed by atoms with van der Waals surface area (Å²) < 4.78 is 66.0. The van der Waals surface area contributed by atoms with Crippen LogP contribution >= 0.6 is 0 Å². The molecule has 0 saturated carbocycles. The third-order valence-corrected chi connectivity index (χ3v) is 2.41. The summed E-state index contributed by atoms with van der Waals surface area (Å²) in [5, 5.41) is 10.7. The van der Waals surface area contributed by atoms with Crippen molar-refractivity contribution in [1.82, 2.24) is 0 Å². The lowest BCUT2D eigenvalue weighted by Crippen LogP contribution is -2.03. The van der Waals surface area contributed by atoms with Gasteiger partial charge in [0, 0.05) is 11.8 Å². The average Bonchev–Trinajstić information content (AvgIpc) is 2.40. The van der Waals surface area contributed by atoms with Gasteiger partial charge in [0.25, 0.3) is 0 Å². The van der Waals surface area contributed by atoms with E-state index in [0.29, 0.717) is 0 Å². The first-order chi connectivity index (χ1) is 9.42. The van der Waals surface area contributed by atoms with Gasteiger partial charge in [-0.1, -0.05) is 0 Å². The molecule has 0 fully saturated rings. The van der Waals surface area contributed by atoms with Crippen LogP contribution in [0, 0.1) is 40.4 Å². The first-order valence-corrected chi connectivity index (χ1v) is 5.23. The molecule has 0 saturated heterocycles. The van der Waals surface area contributed by atoms with E-state index in [1.807, 2.05) is 5.32 Å². The molecule has 0 amide bonds. The molecular weight excluding hydrogens is 279 g/mol. The van der Waals surface area contributed by atoms with Crippen LogP contribution in [0.4, 0.5) is 33.3 Å². The van der Waals surface area contributed by atoms with Gasteiger partial charge in [-0.3, -0.25) is 0 Å². The molecule has 0 aliphatic carbocycles. The molecule has 2 rings (SSSR count).